The first-order chi connectivity index (χ1) is 17.2. The second-order valence-electron chi connectivity index (χ2n) is 10.9. The van der Waals surface area contributed by atoms with E-state index in [9.17, 15) is 4.55 Å². The number of benzene rings is 1. The van der Waals surface area contributed by atoms with Gasteiger partial charge in [-0.15, -0.1) is 4.72 Å². The molecule has 3 aromatic rings. The van der Waals surface area contributed by atoms with Crippen LogP contribution in [0.25, 0.3) is 0 Å². The largest absolute Gasteiger partial charge is 0.598 e. The van der Waals surface area contributed by atoms with Gasteiger partial charge in [0.25, 0.3) is 0 Å². The first-order valence-corrected chi connectivity index (χ1v) is 15.1. The Labute approximate surface area is 231 Å². The van der Waals surface area contributed by atoms with Crippen LogP contribution in [-0.2, 0) is 17.8 Å². The van der Waals surface area contributed by atoms with Gasteiger partial charge in [-0.25, -0.2) is 9.97 Å². The normalized spacial score (nSPS) is 24.6. The lowest BCUT2D eigenvalue weighted by Crippen LogP contribution is -2.46. The fraction of sp³-hybridized carbons (Fsp3) is 0.429. The van der Waals surface area contributed by atoms with Gasteiger partial charge < -0.3 is 4.55 Å². The highest BCUT2D eigenvalue weighted by molar-refractivity contribution is 7.99. The van der Waals surface area contributed by atoms with Crippen molar-refractivity contribution in [3.63, 3.8) is 0 Å². The van der Waals surface area contributed by atoms with E-state index in [-0.39, 0.29) is 16.2 Å². The second-order valence-corrected chi connectivity index (χ2v) is 14.7. The average Bonchev–Trinajstić information content (AvgIpc) is 3.15. The van der Waals surface area contributed by atoms with Gasteiger partial charge in [-0.05, 0) is 93.0 Å². The molecule has 2 heterocycles. The Bertz CT molecular complexity index is 1220. The topological polar surface area (TPSA) is 60.9 Å². The van der Waals surface area contributed by atoms with Crippen LogP contribution in [0.15, 0.2) is 64.8 Å². The van der Waals surface area contributed by atoms with Crippen molar-refractivity contribution in [1.29, 1.82) is 0 Å². The SMILES string of the molecule is CC(C)(C)[S+]([O-])NC1c2ccccc2CC12CCC(c1ccc(Sc3ccnc(Cl)c3Cl)nc1)CC2. The van der Waals surface area contributed by atoms with Crippen molar-refractivity contribution >= 4 is 46.3 Å². The van der Waals surface area contributed by atoms with Crippen molar-refractivity contribution in [2.45, 2.75) is 79.5 Å². The molecule has 2 aromatic heterocycles. The summed E-state index contributed by atoms with van der Waals surface area (Å²) in [6.07, 6.45) is 9.14. The Kier molecular flexibility index (Phi) is 7.66. The highest BCUT2D eigenvalue weighted by Crippen LogP contribution is 2.56. The number of nitrogens with zero attached hydrogens (tertiary/aromatic N) is 2. The van der Waals surface area contributed by atoms with Crippen LogP contribution in [0.2, 0.25) is 10.2 Å². The van der Waals surface area contributed by atoms with Gasteiger partial charge >= 0.3 is 0 Å². The zero-order valence-corrected chi connectivity index (χ0v) is 23.9. The Morgan fingerprint density at radius 2 is 1.81 bits per heavy atom. The number of aromatic nitrogens is 2. The smallest absolute Gasteiger partial charge is 0.148 e. The van der Waals surface area contributed by atoms with Gasteiger partial charge in [-0.3, -0.25) is 0 Å². The van der Waals surface area contributed by atoms with Gasteiger partial charge in [0.15, 0.2) is 0 Å². The van der Waals surface area contributed by atoms with E-state index in [0.717, 1.165) is 42.0 Å². The zero-order valence-electron chi connectivity index (χ0n) is 20.8. The first-order valence-electron chi connectivity index (χ1n) is 12.4. The summed E-state index contributed by atoms with van der Waals surface area (Å²) in [6, 6.07) is 14.9. The van der Waals surface area contributed by atoms with E-state index in [1.54, 1.807) is 6.20 Å². The molecule has 1 aromatic carbocycles. The second kappa shape index (κ2) is 10.5. The highest BCUT2D eigenvalue weighted by Gasteiger charge is 2.50. The summed E-state index contributed by atoms with van der Waals surface area (Å²) in [4.78, 5) is 9.57. The summed E-state index contributed by atoms with van der Waals surface area (Å²) in [5.41, 5.74) is 4.12. The summed E-state index contributed by atoms with van der Waals surface area (Å²) in [6.45, 7) is 6.10. The van der Waals surface area contributed by atoms with E-state index in [1.807, 2.05) is 33.0 Å². The Morgan fingerprint density at radius 1 is 1.06 bits per heavy atom. The lowest BCUT2D eigenvalue weighted by atomic mass is 9.66. The Hall–Kier alpha value is -1.28. The van der Waals surface area contributed by atoms with Crippen LogP contribution in [0.3, 0.4) is 0 Å². The molecular weight excluding hydrogens is 529 g/mol. The summed E-state index contributed by atoms with van der Waals surface area (Å²) in [5, 5.41) is 1.65. The molecule has 2 atom stereocenters. The van der Waals surface area contributed by atoms with Crippen molar-refractivity contribution < 1.29 is 4.55 Å². The minimum Gasteiger partial charge on any atom is -0.598 e. The van der Waals surface area contributed by atoms with Gasteiger partial charge in [0.1, 0.15) is 14.9 Å². The maximum absolute atomic E-state index is 13.1. The fourth-order valence-corrected chi connectivity index (χ4v) is 7.71. The van der Waals surface area contributed by atoms with Crippen molar-refractivity contribution in [1.82, 2.24) is 14.7 Å². The van der Waals surface area contributed by atoms with E-state index in [1.165, 1.54) is 28.5 Å². The summed E-state index contributed by atoms with van der Waals surface area (Å²) in [5.74, 6) is 0.485. The van der Waals surface area contributed by atoms with E-state index >= 15 is 0 Å². The molecule has 1 N–H and O–H groups in total. The number of rotatable bonds is 5. The van der Waals surface area contributed by atoms with Crippen molar-refractivity contribution in [3.8, 4) is 0 Å². The zero-order chi connectivity index (χ0) is 25.5. The van der Waals surface area contributed by atoms with E-state index in [4.69, 9.17) is 28.2 Å². The number of nitrogens with one attached hydrogen (secondary N) is 1. The third kappa shape index (κ3) is 5.31. The highest BCUT2D eigenvalue weighted by atomic mass is 35.5. The molecule has 0 saturated heterocycles. The monoisotopic (exact) mass is 559 g/mol. The number of pyridine rings is 2. The molecule has 190 valence electrons. The maximum Gasteiger partial charge on any atom is 0.148 e. The molecule has 0 bridgehead atoms. The van der Waals surface area contributed by atoms with Gasteiger partial charge in [0.05, 0.1) is 11.1 Å². The van der Waals surface area contributed by atoms with Crippen LogP contribution in [0.4, 0.5) is 0 Å². The average molecular weight is 561 g/mol. The molecule has 8 heteroatoms. The Balaban J connectivity index is 1.29. The van der Waals surface area contributed by atoms with Gasteiger partial charge in [0.2, 0.25) is 0 Å². The molecule has 1 saturated carbocycles. The molecule has 2 unspecified atom stereocenters. The number of halogens is 2. The van der Waals surface area contributed by atoms with Gasteiger partial charge in [-0.2, -0.15) is 0 Å². The van der Waals surface area contributed by atoms with E-state index in [0.29, 0.717) is 16.1 Å². The van der Waals surface area contributed by atoms with Crippen molar-refractivity contribution in [2.24, 2.45) is 5.41 Å². The maximum atomic E-state index is 13.1. The standard InChI is InChI=1S/C28H31Cl2N3OS2/c1-27(2,3)36(34)33-25-21-7-5-4-6-19(21)16-28(25)13-10-18(11-14-28)20-8-9-23(32-17-20)35-22-12-15-31-26(30)24(22)29/h4-9,12,15,17-18,25,33H,10-11,13-14,16H2,1-3H3. The van der Waals surface area contributed by atoms with Crippen LogP contribution in [0, 0.1) is 5.41 Å². The third-order valence-electron chi connectivity index (χ3n) is 7.54. The van der Waals surface area contributed by atoms with Crippen LogP contribution in [0.1, 0.15) is 75.1 Å². The van der Waals surface area contributed by atoms with Crippen molar-refractivity contribution in [2.75, 3.05) is 0 Å². The summed E-state index contributed by atoms with van der Waals surface area (Å²) >= 11 is 12.7. The van der Waals surface area contributed by atoms with Gasteiger partial charge in [-0.1, -0.05) is 65.3 Å². The lowest BCUT2D eigenvalue weighted by molar-refractivity contribution is 0.140. The van der Waals surface area contributed by atoms with Crippen LogP contribution >= 0.6 is 35.0 Å². The number of fused-ring (bicyclic) bond motifs is 1. The third-order valence-corrected chi connectivity index (χ3v) is 11.0. The molecule has 1 fully saturated rings. The van der Waals surface area contributed by atoms with Crippen LogP contribution in [-0.4, -0.2) is 19.3 Å². The molecule has 0 aliphatic heterocycles. The molecule has 4 nitrogen and oxygen atoms in total. The van der Waals surface area contributed by atoms with Crippen LogP contribution in [0.5, 0.6) is 0 Å². The minimum absolute atomic E-state index is 0.113. The van der Waals surface area contributed by atoms with E-state index < -0.39 is 11.4 Å². The quantitative estimate of drug-likeness (QED) is 0.254. The molecule has 0 radical (unpaired) electrons. The van der Waals surface area contributed by atoms with E-state index in [2.05, 4.69) is 46.1 Å². The summed E-state index contributed by atoms with van der Waals surface area (Å²) in [7, 11) is 0. The van der Waals surface area contributed by atoms with Crippen LogP contribution < -0.4 is 4.72 Å². The molecule has 0 amide bonds. The Morgan fingerprint density at radius 3 is 2.50 bits per heavy atom. The molecule has 36 heavy (non-hydrogen) atoms. The predicted molar refractivity (Wildman–Crippen MR) is 150 cm³/mol. The fourth-order valence-electron chi connectivity index (χ4n) is 5.54. The first kappa shape index (κ1) is 26.3. The lowest BCUT2D eigenvalue weighted by Gasteiger charge is -2.42. The molecule has 5 rings (SSSR count). The molecule has 2 aliphatic carbocycles. The predicted octanol–water partition coefficient (Wildman–Crippen LogP) is 7.93. The molecule has 1 spiro atoms. The molecule has 2 aliphatic rings. The molecular formula is C28H31Cl2N3OS2. The number of hydrogen-bond donors (Lipinski definition) is 1. The minimum atomic E-state index is -1.11. The summed E-state index contributed by atoms with van der Waals surface area (Å²) < 4.78 is 16.4. The van der Waals surface area contributed by atoms with Gasteiger partial charge in [0, 0.05) is 28.7 Å². The van der Waals surface area contributed by atoms with Crippen molar-refractivity contribution in [3.05, 3.63) is 81.7 Å². The number of hydrogen-bond acceptors (Lipinski definition) is 5.